The molecule has 0 radical (unpaired) electrons. The van der Waals surface area contributed by atoms with Gasteiger partial charge in [-0.2, -0.15) is 9.97 Å². The molecule has 37 heavy (non-hydrogen) atoms. The summed E-state index contributed by atoms with van der Waals surface area (Å²) in [6, 6.07) is 22.3. The molecule has 1 unspecified atom stereocenters. The van der Waals surface area contributed by atoms with E-state index in [0.29, 0.717) is 39.7 Å². The van der Waals surface area contributed by atoms with Gasteiger partial charge in [-0.15, -0.1) is 11.8 Å². The molecule has 1 aromatic heterocycles. The number of hydrogen-bond donors (Lipinski definition) is 1. The number of amides is 1. The van der Waals surface area contributed by atoms with Crippen molar-refractivity contribution in [1.82, 2.24) is 19.5 Å². The number of halogens is 1. The molecule has 0 aliphatic carbocycles. The molecule has 1 amide bonds. The van der Waals surface area contributed by atoms with Crippen LogP contribution in [-0.2, 0) is 4.79 Å². The summed E-state index contributed by atoms with van der Waals surface area (Å²) < 4.78 is 12.7. The fourth-order valence-corrected chi connectivity index (χ4v) is 5.47. The van der Waals surface area contributed by atoms with E-state index in [1.807, 2.05) is 54.6 Å². The van der Waals surface area contributed by atoms with Gasteiger partial charge in [-0.3, -0.25) is 14.8 Å². The minimum atomic E-state index is -0.253. The topological polar surface area (TPSA) is 81.5 Å². The van der Waals surface area contributed by atoms with Crippen LogP contribution < -0.4 is 14.9 Å². The lowest BCUT2D eigenvalue weighted by molar-refractivity contribution is -0.126. The largest absolute Gasteiger partial charge is 0.497 e. The predicted octanol–water partition coefficient (Wildman–Crippen LogP) is 5.94. The van der Waals surface area contributed by atoms with E-state index in [9.17, 15) is 4.79 Å². The van der Waals surface area contributed by atoms with Gasteiger partial charge in [0.2, 0.25) is 10.7 Å². The van der Waals surface area contributed by atoms with Gasteiger partial charge in [0.05, 0.1) is 25.7 Å². The van der Waals surface area contributed by atoms with Crippen LogP contribution >= 0.6 is 35.6 Å². The highest BCUT2D eigenvalue weighted by Gasteiger charge is 2.34. The molecule has 8 nitrogen and oxygen atoms in total. The normalized spacial score (nSPS) is 15.1. The second-order valence-electron chi connectivity index (χ2n) is 7.98. The number of benzene rings is 3. The minimum Gasteiger partial charge on any atom is -0.497 e. The number of anilines is 1. The maximum Gasteiger partial charge on any atom is 0.252 e. The number of rotatable bonds is 7. The van der Waals surface area contributed by atoms with Crippen LogP contribution in [0.3, 0.4) is 0 Å². The monoisotopic (exact) mass is 551 g/mol. The fraction of sp³-hybridized carbons (Fsp3) is 0.154. The maximum atomic E-state index is 13.0. The van der Waals surface area contributed by atoms with E-state index in [2.05, 4.69) is 10.4 Å². The fourth-order valence-electron chi connectivity index (χ4n) is 3.92. The first-order valence-electron chi connectivity index (χ1n) is 11.2. The van der Waals surface area contributed by atoms with Gasteiger partial charge < -0.3 is 9.47 Å². The van der Waals surface area contributed by atoms with E-state index < -0.39 is 0 Å². The van der Waals surface area contributed by atoms with Gasteiger partial charge in [0.1, 0.15) is 16.9 Å². The molecular formula is C26H22ClN5O3S2. The van der Waals surface area contributed by atoms with Crippen molar-refractivity contribution >= 4 is 47.4 Å². The first-order chi connectivity index (χ1) is 18.0. The van der Waals surface area contributed by atoms with Crippen LogP contribution in [0.15, 0.2) is 72.8 Å². The highest BCUT2D eigenvalue weighted by Crippen LogP contribution is 2.39. The Bertz CT molecular complexity index is 1500. The van der Waals surface area contributed by atoms with Gasteiger partial charge in [-0.05, 0) is 60.2 Å². The molecule has 1 N–H and O–H groups in total. The summed E-state index contributed by atoms with van der Waals surface area (Å²) in [5.41, 5.74) is 5.50. The number of methoxy groups -OCH3 is 2. The summed E-state index contributed by atoms with van der Waals surface area (Å²) in [5, 5.41) is 1.80. The Morgan fingerprint density at radius 1 is 1.03 bits per heavy atom. The van der Waals surface area contributed by atoms with Crippen molar-refractivity contribution in [2.45, 2.75) is 5.37 Å². The highest BCUT2D eigenvalue weighted by atomic mass is 35.5. The van der Waals surface area contributed by atoms with Gasteiger partial charge >= 0.3 is 0 Å². The Labute approximate surface area is 228 Å². The lowest BCUT2D eigenvalue weighted by atomic mass is 10.2. The average molecular weight is 552 g/mol. The van der Waals surface area contributed by atoms with Crippen molar-refractivity contribution in [1.29, 1.82) is 0 Å². The van der Waals surface area contributed by atoms with E-state index >= 15 is 0 Å². The van der Waals surface area contributed by atoms with Crippen molar-refractivity contribution in [3.63, 3.8) is 0 Å². The van der Waals surface area contributed by atoms with E-state index in [1.165, 1.54) is 11.8 Å². The lowest BCUT2D eigenvalue weighted by Crippen LogP contribution is -2.35. The van der Waals surface area contributed by atoms with Gasteiger partial charge in [0, 0.05) is 10.6 Å². The van der Waals surface area contributed by atoms with E-state index in [1.54, 1.807) is 42.0 Å². The third-order valence-electron chi connectivity index (χ3n) is 5.72. The first-order valence-corrected chi connectivity index (χ1v) is 13.1. The van der Waals surface area contributed by atoms with Crippen LogP contribution in [-0.4, -0.2) is 45.4 Å². The maximum absolute atomic E-state index is 13.0. The molecule has 2 heterocycles. The molecule has 188 valence electrons. The zero-order valence-electron chi connectivity index (χ0n) is 19.9. The molecule has 5 rings (SSSR count). The Morgan fingerprint density at radius 3 is 2.49 bits per heavy atom. The SMILES string of the molecule is COc1ccc(-c2nc(NN3C(=O)CSC3c3ccccc3)n(-c3cc(Cl)ccc3OC)c(=S)n2)cc1. The smallest absolute Gasteiger partial charge is 0.252 e. The summed E-state index contributed by atoms with van der Waals surface area (Å²) >= 11 is 13.6. The third-order valence-corrected chi connectivity index (χ3v) is 7.44. The van der Waals surface area contributed by atoms with Crippen LogP contribution in [0.5, 0.6) is 11.5 Å². The molecule has 0 bridgehead atoms. The zero-order valence-corrected chi connectivity index (χ0v) is 22.3. The molecule has 1 aliphatic rings. The number of hydrogen-bond acceptors (Lipinski definition) is 8. The van der Waals surface area contributed by atoms with E-state index in [4.69, 9.17) is 38.3 Å². The van der Waals surface area contributed by atoms with Crippen molar-refractivity contribution in [3.8, 4) is 28.6 Å². The van der Waals surface area contributed by atoms with Gasteiger partial charge in [0.25, 0.3) is 5.91 Å². The standard InChI is InChI=1S/C26H22ClN5O3S2/c1-34-19-11-8-16(9-12-19)23-28-25(30-32-22(33)15-37-24(32)17-6-4-3-5-7-17)31(26(36)29-23)20-14-18(27)10-13-21(20)35-2/h3-14,24H,15H2,1-2H3,(H,28,29,30,36). The van der Waals surface area contributed by atoms with Crippen LogP contribution in [0.1, 0.15) is 10.9 Å². The minimum absolute atomic E-state index is 0.0843. The molecular weight excluding hydrogens is 530 g/mol. The zero-order chi connectivity index (χ0) is 25.9. The quantitative estimate of drug-likeness (QED) is 0.283. The van der Waals surface area contributed by atoms with Crippen LogP contribution in [0, 0.1) is 4.77 Å². The van der Waals surface area contributed by atoms with Crippen molar-refractivity contribution < 1.29 is 14.3 Å². The first kappa shape index (κ1) is 25.1. The summed E-state index contributed by atoms with van der Waals surface area (Å²) in [7, 11) is 3.16. The van der Waals surface area contributed by atoms with E-state index in [-0.39, 0.29) is 16.1 Å². The van der Waals surface area contributed by atoms with Crippen molar-refractivity contribution in [2.24, 2.45) is 0 Å². The number of ether oxygens (including phenoxy) is 2. The molecule has 1 atom stereocenters. The molecule has 1 fully saturated rings. The number of hydrazine groups is 1. The summed E-state index contributed by atoms with van der Waals surface area (Å²) in [4.78, 5) is 22.4. The number of aromatic nitrogens is 3. The molecule has 1 aliphatic heterocycles. The summed E-state index contributed by atoms with van der Waals surface area (Å²) in [5.74, 6) is 2.15. The third kappa shape index (κ3) is 5.13. The molecule has 3 aromatic carbocycles. The second kappa shape index (κ2) is 10.8. The van der Waals surface area contributed by atoms with Crippen LogP contribution in [0.4, 0.5) is 5.95 Å². The molecule has 4 aromatic rings. The van der Waals surface area contributed by atoms with Gasteiger partial charge in [-0.25, -0.2) is 5.01 Å². The Balaban J connectivity index is 1.66. The lowest BCUT2D eigenvalue weighted by Gasteiger charge is -2.27. The van der Waals surface area contributed by atoms with Crippen LogP contribution in [0.25, 0.3) is 17.1 Å². The Kier molecular flexibility index (Phi) is 7.31. The average Bonchev–Trinajstić information content (AvgIpc) is 3.28. The summed E-state index contributed by atoms with van der Waals surface area (Å²) in [6.07, 6.45) is 0. The van der Waals surface area contributed by atoms with Crippen LogP contribution in [0.2, 0.25) is 5.02 Å². The Morgan fingerprint density at radius 2 is 1.78 bits per heavy atom. The van der Waals surface area contributed by atoms with Gasteiger partial charge in [0.15, 0.2) is 5.82 Å². The number of nitrogens with one attached hydrogen (secondary N) is 1. The molecule has 0 spiro atoms. The number of carbonyl (C=O) groups excluding carboxylic acids is 1. The van der Waals surface area contributed by atoms with Gasteiger partial charge in [-0.1, -0.05) is 41.9 Å². The highest BCUT2D eigenvalue weighted by molar-refractivity contribution is 8.00. The van der Waals surface area contributed by atoms with Crippen molar-refractivity contribution in [2.75, 3.05) is 25.4 Å². The van der Waals surface area contributed by atoms with E-state index in [0.717, 1.165) is 11.1 Å². The number of carbonyl (C=O) groups is 1. The summed E-state index contributed by atoms with van der Waals surface area (Å²) in [6.45, 7) is 0. The molecule has 11 heteroatoms. The molecule has 1 saturated heterocycles. The second-order valence-corrected chi connectivity index (χ2v) is 9.85. The Hall–Kier alpha value is -3.60. The number of nitrogens with zero attached hydrogens (tertiary/aromatic N) is 4. The molecule has 0 saturated carbocycles. The van der Waals surface area contributed by atoms with Crippen molar-refractivity contribution in [3.05, 3.63) is 88.2 Å². The predicted molar refractivity (Wildman–Crippen MR) is 148 cm³/mol. The number of thioether (sulfide) groups is 1.